The first-order valence-electron chi connectivity index (χ1n) is 6.57. The van der Waals surface area contributed by atoms with Crippen molar-refractivity contribution in [3.8, 4) is 17.6 Å². The van der Waals surface area contributed by atoms with Gasteiger partial charge in [-0.15, -0.1) is 10.2 Å². The molecule has 114 valence electrons. The number of hydrogen-bond donors (Lipinski definition) is 1. The SMILES string of the molecule is COCCOc1cc(Nc2ccc(C#N)nn2)ccc1OC. The summed E-state index contributed by atoms with van der Waals surface area (Å²) in [6.07, 6.45) is 0. The van der Waals surface area contributed by atoms with Gasteiger partial charge in [-0.2, -0.15) is 5.26 Å². The van der Waals surface area contributed by atoms with Gasteiger partial charge in [0.25, 0.3) is 0 Å². The average Bonchev–Trinajstić information content (AvgIpc) is 2.56. The zero-order chi connectivity index (χ0) is 15.8. The number of nitrogens with one attached hydrogen (secondary N) is 1. The number of methoxy groups -OCH3 is 2. The molecule has 0 aliphatic heterocycles. The van der Waals surface area contributed by atoms with Crippen LogP contribution in [0.1, 0.15) is 5.69 Å². The number of hydrogen-bond acceptors (Lipinski definition) is 7. The quantitative estimate of drug-likeness (QED) is 0.783. The van der Waals surface area contributed by atoms with E-state index in [4.69, 9.17) is 19.5 Å². The molecule has 0 spiro atoms. The summed E-state index contributed by atoms with van der Waals surface area (Å²) in [6, 6.07) is 10.6. The van der Waals surface area contributed by atoms with E-state index in [2.05, 4.69) is 15.5 Å². The molecule has 1 aromatic heterocycles. The van der Waals surface area contributed by atoms with Crippen molar-refractivity contribution in [2.45, 2.75) is 0 Å². The van der Waals surface area contributed by atoms with Crippen LogP contribution in [-0.4, -0.2) is 37.6 Å². The lowest BCUT2D eigenvalue weighted by atomic mass is 10.2. The minimum atomic E-state index is 0.267. The van der Waals surface area contributed by atoms with Crippen molar-refractivity contribution in [1.29, 1.82) is 5.26 Å². The lowest BCUT2D eigenvalue weighted by Gasteiger charge is -2.12. The van der Waals surface area contributed by atoms with Gasteiger partial charge in [-0.1, -0.05) is 0 Å². The Hall–Kier alpha value is -2.85. The first-order valence-corrected chi connectivity index (χ1v) is 6.57. The second-order valence-electron chi connectivity index (χ2n) is 4.25. The molecule has 0 bridgehead atoms. The molecule has 22 heavy (non-hydrogen) atoms. The number of nitriles is 1. The Morgan fingerprint density at radius 3 is 2.59 bits per heavy atom. The van der Waals surface area contributed by atoms with E-state index in [0.717, 1.165) is 5.69 Å². The van der Waals surface area contributed by atoms with Crippen molar-refractivity contribution in [1.82, 2.24) is 10.2 Å². The molecule has 1 N–H and O–H groups in total. The molecular formula is C15H16N4O3. The molecule has 0 saturated carbocycles. The zero-order valence-electron chi connectivity index (χ0n) is 12.4. The molecule has 0 unspecified atom stereocenters. The molecule has 0 aliphatic carbocycles. The second kappa shape index (κ2) is 7.81. The Bertz CT molecular complexity index is 653. The van der Waals surface area contributed by atoms with Crippen LogP contribution in [0.3, 0.4) is 0 Å². The summed E-state index contributed by atoms with van der Waals surface area (Å²) >= 11 is 0. The molecule has 1 aromatic carbocycles. The largest absolute Gasteiger partial charge is 0.493 e. The highest BCUT2D eigenvalue weighted by Gasteiger charge is 2.07. The van der Waals surface area contributed by atoms with Crippen LogP contribution < -0.4 is 14.8 Å². The maximum Gasteiger partial charge on any atom is 0.163 e. The van der Waals surface area contributed by atoms with E-state index >= 15 is 0 Å². The van der Waals surface area contributed by atoms with Gasteiger partial charge in [-0.25, -0.2) is 0 Å². The molecule has 0 radical (unpaired) electrons. The maximum absolute atomic E-state index is 8.70. The molecule has 2 aromatic rings. The number of rotatable bonds is 7. The van der Waals surface area contributed by atoms with Gasteiger partial charge in [0.05, 0.1) is 13.7 Å². The van der Waals surface area contributed by atoms with Crippen LogP contribution in [0.2, 0.25) is 0 Å². The summed E-state index contributed by atoms with van der Waals surface area (Å²) in [5.41, 5.74) is 1.04. The molecule has 2 rings (SSSR count). The lowest BCUT2D eigenvalue weighted by Crippen LogP contribution is -2.05. The lowest BCUT2D eigenvalue weighted by molar-refractivity contribution is 0.144. The maximum atomic E-state index is 8.70. The van der Waals surface area contributed by atoms with Gasteiger partial charge in [-0.05, 0) is 24.3 Å². The summed E-state index contributed by atoms with van der Waals surface area (Å²) in [5, 5.41) is 19.5. The van der Waals surface area contributed by atoms with Gasteiger partial charge in [-0.3, -0.25) is 0 Å². The molecule has 0 atom stereocenters. The predicted octanol–water partition coefficient (Wildman–Crippen LogP) is 2.13. The highest BCUT2D eigenvalue weighted by Crippen LogP contribution is 2.31. The highest BCUT2D eigenvalue weighted by atomic mass is 16.5. The topological polar surface area (TPSA) is 89.3 Å². The van der Waals surface area contributed by atoms with Gasteiger partial charge in [0.1, 0.15) is 12.7 Å². The first kappa shape index (κ1) is 15.5. The zero-order valence-corrected chi connectivity index (χ0v) is 12.4. The predicted molar refractivity (Wildman–Crippen MR) is 80.4 cm³/mol. The second-order valence-corrected chi connectivity index (χ2v) is 4.25. The minimum Gasteiger partial charge on any atom is -0.493 e. The van der Waals surface area contributed by atoms with Gasteiger partial charge in [0.15, 0.2) is 23.0 Å². The van der Waals surface area contributed by atoms with E-state index < -0.39 is 0 Å². The van der Waals surface area contributed by atoms with E-state index in [1.54, 1.807) is 38.5 Å². The van der Waals surface area contributed by atoms with E-state index in [9.17, 15) is 0 Å². The van der Waals surface area contributed by atoms with E-state index in [0.29, 0.717) is 30.5 Å². The summed E-state index contributed by atoms with van der Waals surface area (Å²) < 4.78 is 15.8. The summed E-state index contributed by atoms with van der Waals surface area (Å²) in [4.78, 5) is 0. The van der Waals surface area contributed by atoms with Crippen LogP contribution in [0, 0.1) is 11.3 Å². The standard InChI is InChI=1S/C15H16N4O3/c1-20-7-8-22-14-9-11(3-5-13(14)21-2)17-15-6-4-12(10-16)18-19-15/h3-6,9H,7-8H2,1-2H3,(H,17,19). The Morgan fingerprint density at radius 2 is 1.95 bits per heavy atom. The molecule has 0 aliphatic rings. The third-order valence-electron chi connectivity index (χ3n) is 2.76. The van der Waals surface area contributed by atoms with Crippen molar-refractivity contribution in [2.75, 3.05) is 32.8 Å². The summed E-state index contributed by atoms with van der Waals surface area (Å²) in [5.74, 6) is 1.77. The first-order chi connectivity index (χ1) is 10.8. The fourth-order valence-corrected chi connectivity index (χ4v) is 1.71. The van der Waals surface area contributed by atoms with Crippen molar-refractivity contribution in [3.63, 3.8) is 0 Å². The number of aromatic nitrogens is 2. The Balaban J connectivity index is 2.13. The van der Waals surface area contributed by atoms with Crippen LogP contribution in [0.4, 0.5) is 11.5 Å². The molecule has 7 nitrogen and oxygen atoms in total. The number of anilines is 2. The molecule has 0 amide bonds. The van der Waals surface area contributed by atoms with Gasteiger partial charge >= 0.3 is 0 Å². The van der Waals surface area contributed by atoms with Crippen molar-refractivity contribution < 1.29 is 14.2 Å². The van der Waals surface area contributed by atoms with E-state index in [-0.39, 0.29) is 5.69 Å². The monoisotopic (exact) mass is 300 g/mol. The van der Waals surface area contributed by atoms with Gasteiger partial charge < -0.3 is 19.5 Å². The van der Waals surface area contributed by atoms with Crippen LogP contribution in [0.25, 0.3) is 0 Å². The normalized spacial score (nSPS) is 9.86. The van der Waals surface area contributed by atoms with Crippen LogP contribution in [0.15, 0.2) is 30.3 Å². The number of benzene rings is 1. The van der Waals surface area contributed by atoms with Crippen molar-refractivity contribution >= 4 is 11.5 Å². The van der Waals surface area contributed by atoms with Gasteiger partial charge in [0.2, 0.25) is 0 Å². The molecule has 7 heteroatoms. The van der Waals surface area contributed by atoms with Crippen LogP contribution in [-0.2, 0) is 4.74 Å². The molecular weight excluding hydrogens is 284 g/mol. The molecule has 1 heterocycles. The Kier molecular flexibility index (Phi) is 5.51. The summed E-state index contributed by atoms with van der Waals surface area (Å²) in [6.45, 7) is 0.912. The Labute approximate surface area is 128 Å². The van der Waals surface area contributed by atoms with Crippen LogP contribution >= 0.6 is 0 Å². The van der Waals surface area contributed by atoms with E-state index in [1.165, 1.54) is 0 Å². The number of ether oxygens (including phenoxy) is 3. The fourth-order valence-electron chi connectivity index (χ4n) is 1.71. The van der Waals surface area contributed by atoms with Crippen molar-refractivity contribution in [2.24, 2.45) is 0 Å². The third kappa shape index (κ3) is 4.07. The average molecular weight is 300 g/mol. The number of nitrogens with zero attached hydrogens (tertiary/aromatic N) is 3. The van der Waals surface area contributed by atoms with E-state index in [1.807, 2.05) is 12.1 Å². The minimum absolute atomic E-state index is 0.267. The smallest absolute Gasteiger partial charge is 0.163 e. The molecule has 0 saturated heterocycles. The van der Waals surface area contributed by atoms with Crippen LogP contribution in [0.5, 0.6) is 11.5 Å². The van der Waals surface area contributed by atoms with Gasteiger partial charge in [0, 0.05) is 18.9 Å². The summed E-state index contributed by atoms with van der Waals surface area (Å²) in [7, 11) is 3.19. The highest BCUT2D eigenvalue weighted by molar-refractivity contribution is 5.61. The Morgan fingerprint density at radius 1 is 1.09 bits per heavy atom. The molecule has 0 fully saturated rings. The fraction of sp³-hybridized carbons (Fsp3) is 0.267. The third-order valence-corrected chi connectivity index (χ3v) is 2.76. The van der Waals surface area contributed by atoms with Crippen molar-refractivity contribution in [3.05, 3.63) is 36.0 Å².